The lowest BCUT2D eigenvalue weighted by atomic mass is 10.1. The van der Waals surface area contributed by atoms with E-state index >= 15 is 0 Å². The molecule has 0 spiro atoms. The Balaban J connectivity index is 2.57. The Hall–Kier alpha value is -1.25. The van der Waals surface area contributed by atoms with Crippen molar-refractivity contribution in [1.82, 2.24) is 0 Å². The zero-order valence-corrected chi connectivity index (χ0v) is 10.2. The van der Waals surface area contributed by atoms with Gasteiger partial charge < -0.3 is 10.1 Å². The van der Waals surface area contributed by atoms with E-state index in [1.807, 2.05) is 6.07 Å². The molecule has 0 aliphatic rings. The first-order valence-electron chi connectivity index (χ1n) is 5.77. The maximum atomic E-state index is 13.4. The van der Waals surface area contributed by atoms with E-state index in [1.54, 1.807) is 6.07 Å². The van der Waals surface area contributed by atoms with Gasteiger partial charge in [0.05, 0.1) is 7.11 Å². The van der Waals surface area contributed by atoms with Crippen molar-refractivity contribution in [3.63, 3.8) is 0 Å². The van der Waals surface area contributed by atoms with Gasteiger partial charge in [-0.1, -0.05) is 19.8 Å². The van der Waals surface area contributed by atoms with Gasteiger partial charge in [-0.3, -0.25) is 0 Å². The van der Waals surface area contributed by atoms with Crippen molar-refractivity contribution in [2.24, 2.45) is 0 Å². The van der Waals surface area contributed by atoms with Crippen LogP contribution in [-0.4, -0.2) is 13.2 Å². The summed E-state index contributed by atoms with van der Waals surface area (Å²) in [5, 5.41) is 3.27. The zero-order valence-electron chi connectivity index (χ0n) is 10.2. The molecule has 1 unspecified atom stereocenters. The fourth-order valence-electron chi connectivity index (χ4n) is 1.62. The molecule has 0 radical (unpaired) electrons. The van der Waals surface area contributed by atoms with E-state index in [-0.39, 0.29) is 11.6 Å². The molecule has 0 aromatic heterocycles. The van der Waals surface area contributed by atoms with Crippen LogP contribution in [0.25, 0.3) is 0 Å². The van der Waals surface area contributed by atoms with Gasteiger partial charge in [-0.2, -0.15) is 0 Å². The van der Waals surface area contributed by atoms with Crippen LogP contribution in [0.1, 0.15) is 33.1 Å². The first-order chi connectivity index (χ1) is 7.67. The van der Waals surface area contributed by atoms with Gasteiger partial charge in [-0.15, -0.1) is 0 Å². The lowest BCUT2D eigenvalue weighted by molar-refractivity contribution is 0.386. The molecular weight excluding hydrogens is 205 g/mol. The third-order valence-electron chi connectivity index (χ3n) is 2.56. The third-order valence-corrected chi connectivity index (χ3v) is 2.56. The number of ether oxygens (including phenoxy) is 1. The normalized spacial score (nSPS) is 12.2. The van der Waals surface area contributed by atoms with E-state index in [4.69, 9.17) is 4.74 Å². The summed E-state index contributed by atoms with van der Waals surface area (Å²) in [7, 11) is 1.47. The number of unbranched alkanes of at least 4 members (excludes halogenated alkanes) is 1. The quantitative estimate of drug-likeness (QED) is 0.794. The Labute approximate surface area is 96.8 Å². The van der Waals surface area contributed by atoms with Gasteiger partial charge >= 0.3 is 0 Å². The number of benzene rings is 1. The van der Waals surface area contributed by atoms with Crippen LogP contribution in [0.4, 0.5) is 10.1 Å². The van der Waals surface area contributed by atoms with Crippen molar-refractivity contribution in [2.45, 2.75) is 39.2 Å². The fourth-order valence-corrected chi connectivity index (χ4v) is 1.62. The van der Waals surface area contributed by atoms with Gasteiger partial charge in [-0.05, 0) is 25.5 Å². The first-order valence-corrected chi connectivity index (χ1v) is 5.77. The molecule has 1 aromatic carbocycles. The average Bonchev–Trinajstić information content (AvgIpc) is 2.26. The standard InChI is InChI=1S/C13H20FNO/c1-4-5-6-10(2)15-11-7-8-13(16-3)12(14)9-11/h7-10,15H,4-6H2,1-3H3. The van der Waals surface area contributed by atoms with E-state index in [9.17, 15) is 4.39 Å². The molecule has 1 N–H and O–H groups in total. The monoisotopic (exact) mass is 225 g/mol. The molecule has 0 aliphatic heterocycles. The highest BCUT2D eigenvalue weighted by Gasteiger charge is 2.05. The lowest BCUT2D eigenvalue weighted by Gasteiger charge is -2.15. The summed E-state index contributed by atoms with van der Waals surface area (Å²) in [5.41, 5.74) is 0.807. The second kappa shape index (κ2) is 6.36. The summed E-state index contributed by atoms with van der Waals surface area (Å²) >= 11 is 0. The van der Waals surface area contributed by atoms with Crippen LogP contribution in [0.15, 0.2) is 18.2 Å². The highest BCUT2D eigenvalue weighted by atomic mass is 19.1. The summed E-state index contributed by atoms with van der Waals surface area (Å²) in [6.45, 7) is 4.28. The minimum atomic E-state index is -0.324. The molecule has 90 valence electrons. The van der Waals surface area contributed by atoms with Crippen LogP contribution < -0.4 is 10.1 Å². The maximum absolute atomic E-state index is 13.4. The van der Waals surface area contributed by atoms with Crippen molar-refractivity contribution in [3.05, 3.63) is 24.0 Å². The molecule has 0 amide bonds. The van der Waals surface area contributed by atoms with Crippen LogP contribution in [0, 0.1) is 5.82 Å². The molecule has 0 aliphatic carbocycles. The molecule has 0 bridgehead atoms. The Bertz CT molecular complexity index is 328. The van der Waals surface area contributed by atoms with Gasteiger partial charge in [-0.25, -0.2) is 4.39 Å². The van der Waals surface area contributed by atoms with Crippen LogP contribution in [0.3, 0.4) is 0 Å². The van der Waals surface area contributed by atoms with Gasteiger partial charge in [0.25, 0.3) is 0 Å². The van der Waals surface area contributed by atoms with Crippen molar-refractivity contribution < 1.29 is 9.13 Å². The molecule has 0 saturated heterocycles. The molecule has 2 nitrogen and oxygen atoms in total. The third kappa shape index (κ3) is 3.72. The highest BCUT2D eigenvalue weighted by molar-refractivity contribution is 5.47. The van der Waals surface area contributed by atoms with Crippen LogP contribution in [-0.2, 0) is 0 Å². The Morgan fingerprint density at radius 1 is 1.44 bits per heavy atom. The predicted molar refractivity (Wildman–Crippen MR) is 65.6 cm³/mol. The number of hydrogen-bond acceptors (Lipinski definition) is 2. The number of rotatable bonds is 6. The topological polar surface area (TPSA) is 21.3 Å². The SMILES string of the molecule is CCCCC(C)Nc1ccc(OC)c(F)c1. The predicted octanol–water partition coefficient (Wildman–Crippen LogP) is 3.82. The molecule has 3 heteroatoms. The van der Waals surface area contributed by atoms with E-state index in [2.05, 4.69) is 19.2 Å². The molecular formula is C13H20FNO. The van der Waals surface area contributed by atoms with E-state index in [1.165, 1.54) is 26.0 Å². The second-order valence-electron chi connectivity index (χ2n) is 4.04. The molecule has 0 saturated carbocycles. The zero-order chi connectivity index (χ0) is 12.0. The highest BCUT2D eigenvalue weighted by Crippen LogP contribution is 2.21. The Morgan fingerprint density at radius 2 is 2.19 bits per heavy atom. The smallest absolute Gasteiger partial charge is 0.167 e. The number of methoxy groups -OCH3 is 1. The van der Waals surface area contributed by atoms with Crippen molar-refractivity contribution in [1.29, 1.82) is 0 Å². The van der Waals surface area contributed by atoms with E-state index < -0.39 is 0 Å². The van der Waals surface area contributed by atoms with Crippen LogP contribution in [0.5, 0.6) is 5.75 Å². The number of nitrogens with one attached hydrogen (secondary N) is 1. The van der Waals surface area contributed by atoms with Crippen molar-refractivity contribution in [3.8, 4) is 5.75 Å². The second-order valence-corrected chi connectivity index (χ2v) is 4.04. The molecule has 0 fully saturated rings. The van der Waals surface area contributed by atoms with E-state index in [0.29, 0.717) is 6.04 Å². The van der Waals surface area contributed by atoms with Gasteiger partial charge in [0.1, 0.15) is 0 Å². The van der Waals surface area contributed by atoms with E-state index in [0.717, 1.165) is 12.1 Å². The van der Waals surface area contributed by atoms with Gasteiger partial charge in [0, 0.05) is 17.8 Å². The number of halogens is 1. The maximum Gasteiger partial charge on any atom is 0.167 e. The van der Waals surface area contributed by atoms with Crippen LogP contribution >= 0.6 is 0 Å². The Morgan fingerprint density at radius 3 is 2.75 bits per heavy atom. The lowest BCUT2D eigenvalue weighted by Crippen LogP contribution is -2.14. The molecule has 16 heavy (non-hydrogen) atoms. The number of anilines is 1. The Kier molecular flexibility index (Phi) is 5.09. The average molecular weight is 225 g/mol. The minimum absolute atomic E-state index is 0.284. The van der Waals surface area contributed by atoms with Gasteiger partial charge in [0.2, 0.25) is 0 Å². The minimum Gasteiger partial charge on any atom is -0.494 e. The summed E-state index contributed by atoms with van der Waals surface area (Å²) in [6, 6.07) is 5.32. The molecule has 0 heterocycles. The largest absolute Gasteiger partial charge is 0.494 e. The fraction of sp³-hybridized carbons (Fsp3) is 0.538. The van der Waals surface area contributed by atoms with Gasteiger partial charge in [0.15, 0.2) is 11.6 Å². The first kappa shape index (κ1) is 12.8. The summed E-state index contributed by atoms with van der Waals surface area (Å²) in [6.07, 6.45) is 3.47. The molecule has 1 aromatic rings. The summed E-state index contributed by atoms with van der Waals surface area (Å²) in [4.78, 5) is 0. The van der Waals surface area contributed by atoms with Crippen LogP contribution in [0.2, 0.25) is 0 Å². The summed E-state index contributed by atoms with van der Waals surface area (Å²) < 4.78 is 18.3. The van der Waals surface area contributed by atoms with Crippen molar-refractivity contribution in [2.75, 3.05) is 12.4 Å². The van der Waals surface area contributed by atoms with Crippen molar-refractivity contribution >= 4 is 5.69 Å². The number of hydrogen-bond donors (Lipinski definition) is 1. The molecule has 1 atom stereocenters. The summed E-state index contributed by atoms with van der Waals surface area (Å²) in [5.74, 6) is -0.0399. The molecule has 1 rings (SSSR count).